The van der Waals surface area contributed by atoms with Crippen LogP contribution in [0.3, 0.4) is 0 Å². The van der Waals surface area contributed by atoms with Crippen LogP contribution >= 0.6 is 0 Å². The zero-order valence-electron chi connectivity index (χ0n) is 16.1. The molecule has 1 spiro atoms. The fraction of sp³-hybridized carbons (Fsp3) is 0.500. The predicted molar refractivity (Wildman–Crippen MR) is 101 cm³/mol. The molecule has 0 bridgehead atoms. The number of carbonyl (C=O) groups excluding carboxylic acids is 4. The molecular formula is C20H24N4O5. The van der Waals surface area contributed by atoms with E-state index in [0.717, 1.165) is 5.56 Å². The van der Waals surface area contributed by atoms with Crippen LogP contribution in [0, 0.1) is 11.3 Å². The lowest BCUT2D eigenvalue weighted by molar-refractivity contribution is -0.131. The van der Waals surface area contributed by atoms with Crippen LogP contribution in [0.25, 0.3) is 0 Å². The quantitative estimate of drug-likeness (QED) is 0.564. The van der Waals surface area contributed by atoms with Gasteiger partial charge in [0.15, 0.2) is 0 Å². The number of aliphatic hydroxyl groups excluding tert-OH is 1. The van der Waals surface area contributed by atoms with Gasteiger partial charge in [0.25, 0.3) is 0 Å². The number of hydrogen-bond donors (Lipinski definition) is 3. The third kappa shape index (κ3) is 3.35. The van der Waals surface area contributed by atoms with Gasteiger partial charge in [-0.05, 0) is 17.4 Å². The van der Waals surface area contributed by atoms with Crippen molar-refractivity contribution in [3.8, 4) is 0 Å². The number of aliphatic hydroxyl groups is 1. The van der Waals surface area contributed by atoms with E-state index < -0.39 is 23.5 Å². The van der Waals surface area contributed by atoms with Crippen LogP contribution in [0.5, 0.6) is 0 Å². The van der Waals surface area contributed by atoms with Crippen LogP contribution in [-0.2, 0) is 14.4 Å². The van der Waals surface area contributed by atoms with E-state index in [2.05, 4.69) is 10.6 Å². The molecule has 0 unspecified atom stereocenters. The summed E-state index contributed by atoms with van der Waals surface area (Å²) in [6, 6.07) is 9.21. The largest absolute Gasteiger partial charge is 0.391 e. The number of amides is 5. The minimum Gasteiger partial charge on any atom is -0.391 e. The molecule has 2 heterocycles. The summed E-state index contributed by atoms with van der Waals surface area (Å²) >= 11 is 0. The molecule has 0 aromatic heterocycles. The van der Waals surface area contributed by atoms with Crippen molar-refractivity contribution in [3.05, 3.63) is 35.9 Å². The second kappa shape index (κ2) is 7.14. The number of carbonyl (C=O) groups is 4. The first-order chi connectivity index (χ1) is 13.8. The Bertz CT molecular complexity index is 860. The maximum Gasteiger partial charge on any atom is 0.325 e. The molecule has 1 aliphatic carbocycles. The van der Waals surface area contributed by atoms with Crippen LogP contribution in [0.1, 0.15) is 18.4 Å². The fourth-order valence-corrected chi connectivity index (χ4v) is 4.92. The van der Waals surface area contributed by atoms with Crippen molar-refractivity contribution >= 4 is 23.8 Å². The predicted octanol–water partition coefficient (Wildman–Crippen LogP) is -0.723. The van der Waals surface area contributed by atoms with E-state index >= 15 is 0 Å². The lowest BCUT2D eigenvalue weighted by atomic mass is 9.95. The Morgan fingerprint density at radius 2 is 2.00 bits per heavy atom. The SMILES string of the molecule is CC(=O)NC[C@@H]1[C@@H](c2ccccc2)[C@]12CN(C(=O)CN1CC(=O)NC1=O)C[C@@H]2O. The van der Waals surface area contributed by atoms with E-state index in [1.807, 2.05) is 30.3 Å². The standard InChI is InChI=1S/C20H24N4O5/c1-12(25)21-7-14-18(13-5-3-2-4-6-13)20(14)11-24(8-15(20)26)17(28)10-23-9-16(27)22-19(23)29/h2-6,14-15,18,26H,7-11H2,1H3,(H,21,25)(H,22,27,29)/t14-,15+,18-,20-/m1/s1. The van der Waals surface area contributed by atoms with Gasteiger partial charge in [-0.2, -0.15) is 0 Å². The van der Waals surface area contributed by atoms with Gasteiger partial charge in [0, 0.05) is 32.0 Å². The summed E-state index contributed by atoms with van der Waals surface area (Å²) in [6.07, 6.45) is -0.732. The Kier molecular flexibility index (Phi) is 4.77. The second-order valence-electron chi connectivity index (χ2n) is 8.04. The number of benzene rings is 1. The Labute approximate surface area is 168 Å². The highest BCUT2D eigenvalue weighted by Gasteiger charge is 2.71. The Hall–Kier alpha value is -2.94. The summed E-state index contributed by atoms with van der Waals surface area (Å²) < 4.78 is 0. The number of hydrogen-bond acceptors (Lipinski definition) is 5. The number of imide groups is 1. The van der Waals surface area contributed by atoms with E-state index in [1.54, 1.807) is 4.90 Å². The van der Waals surface area contributed by atoms with Gasteiger partial charge in [-0.25, -0.2) is 4.79 Å². The molecule has 3 N–H and O–H groups in total. The molecule has 3 aliphatic rings. The fourth-order valence-electron chi connectivity index (χ4n) is 4.92. The van der Waals surface area contributed by atoms with Crippen molar-refractivity contribution in [1.29, 1.82) is 0 Å². The molecule has 9 nitrogen and oxygen atoms in total. The lowest BCUT2D eigenvalue weighted by Crippen LogP contribution is -2.41. The molecule has 4 atom stereocenters. The van der Waals surface area contributed by atoms with Crippen molar-refractivity contribution in [2.24, 2.45) is 11.3 Å². The Balaban J connectivity index is 1.50. The topological polar surface area (TPSA) is 119 Å². The molecule has 3 fully saturated rings. The van der Waals surface area contributed by atoms with E-state index in [9.17, 15) is 24.3 Å². The second-order valence-corrected chi connectivity index (χ2v) is 8.04. The van der Waals surface area contributed by atoms with Crippen LogP contribution in [0.4, 0.5) is 4.79 Å². The van der Waals surface area contributed by atoms with Crippen molar-refractivity contribution in [1.82, 2.24) is 20.4 Å². The average molecular weight is 400 g/mol. The summed E-state index contributed by atoms with van der Waals surface area (Å²) in [4.78, 5) is 49.9. The normalized spacial score (nSPS) is 30.6. The van der Waals surface area contributed by atoms with Gasteiger partial charge in [0.2, 0.25) is 17.7 Å². The first-order valence-corrected chi connectivity index (χ1v) is 9.67. The number of rotatable bonds is 5. The smallest absolute Gasteiger partial charge is 0.325 e. The third-order valence-electron chi connectivity index (χ3n) is 6.32. The van der Waals surface area contributed by atoms with Crippen molar-refractivity contribution in [2.45, 2.75) is 18.9 Å². The third-order valence-corrected chi connectivity index (χ3v) is 6.32. The van der Waals surface area contributed by atoms with Gasteiger partial charge < -0.3 is 20.2 Å². The van der Waals surface area contributed by atoms with Gasteiger partial charge in [0.05, 0.1) is 6.10 Å². The molecule has 1 aromatic rings. The van der Waals surface area contributed by atoms with Crippen molar-refractivity contribution in [2.75, 3.05) is 32.7 Å². The Morgan fingerprint density at radius 1 is 1.28 bits per heavy atom. The highest BCUT2D eigenvalue weighted by molar-refractivity contribution is 6.03. The van der Waals surface area contributed by atoms with E-state index in [4.69, 9.17) is 0 Å². The lowest BCUT2D eigenvalue weighted by Gasteiger charge is -2.20. The van der Waals surface area contributed by atoms with Crippen LogP contribution in [-0.4, -0.2) is 77.5 Å². The Morgan fingerprint density at radius 3 is 2.62 bits per heavy atom. The zero-order chi connectivity index (χ0) is 20.8. The molecule has 4 rings (SSSR count). The molecule has 2 aliphatic heterocycles. The highest BCUT2D eigenvalue weighted by Crippen LogP contribution is 2.68. The maximum absolute atomic E-state index is 12.7. The highest BCUT2D eigenvalue weighted by atomic mass is 16.3. The summed E-state index contributed by atoms with van der Waals surface area (Å²) in [5.74, 6) is -0.826. The van der Waals surface area contributed by atoms with Gasteiger partial charge in [-0.1, -0.05) is 30.3 Å². The van der Waals surface area contributed by atoms with Crippen molar-refractivity contribution < 1.29 is 24.3 Å². The molecule has 1 aromatic carbocycles. The van der Waals surface area contributed by atoms with Gasteiger partial charge in [0.1, 0.15) is 13.1 Å². The van der Waals surface area contributed by atoms with Crippen LogP contribution in [0.15, 0.2) is 30.3 Å². The minimum absolute atomic E-state index is 0.0123. The van der Waals surface area contributed by atoms with Gasteiger partial charge in [-0.3, -0.25) is 19.7 Å². The number of nitrogens with one attached hydrogen (secondary N) is 2. The van der Waals surface area contributed by atoms with Crippen molar-refractivity contribution in [3.63, 3.8) is 0 Å². The molecular weight excluding hydrogens is 376 g/mol. The molecule has 0 radical (unpaired) electrons. The molecule has 9 heteroatoms. The molecule has 29 heavy (non-hydrogen) atoms. The average Bonchev–Trinajstić information content (AvgIpc) is 3.02. The summed E-state index contributed by atoms with van der Waals surface area (Å²) in [5.41, 5.74) is 0.545. The minimum atomic E-state index is -0.732. The first-order valence-electron chi connectivity index (χ1n) is 9.67. The molecule has 1 saturated carbocycles. The summed E-state index contributed by atoms with van der Waals surface area (Å²) in [7, 11) is 0. The number of likely N-dealkylation sites (tertiary alicyclic amines) is 1. The first kappa shape index (κ1) is 19.4. The number of urea groups is 1. The van der Waals surface area contributed by atoms with Crippen LogP contribution < -0.4 is 10.6 Å². The van der Waals surface area contributed by atoms with E-state index in [1.165, 1.54) is 11.8 Å². The summed E-state index contributed by atoms with van der Waals surface area (Å²) in [5, 5.41) is 15.9. The molecule has 2 saturated heterocycles. The van der Waals surface area contributed by atoms with E-state index in [0.29, 0.717) is 13.1 Å². The van der Waals surface area contributed by atoms with Gasteiger partial charge >= 0.3 is 6.03 Å². The molecule has 5 amide bonds. The number of nitrogens with zero attached hydrogens (tertiary/aromatic N) is 2. The zero-order valence-corrected chi connectivity index (χ0v) is 16.1. The number of β-amino-alcohol motifs (C(OH)–C–C–N with tert-alkyl or cyclic N) is 1. The summed E-state index contributed by atoms with van der Waals surface area (Å²) in [6.45, 7) is 2.06. The van der Waals surface area contributed by atoms with Gasteiger partial charge in [-0.15, -0.1) is 0 Å². The maximum atomic E-state index is 12.7. The van der Waals surface area contributed by atoms with E-state index in [-0.39, 0.29) is 43.3 Å². The monoisotopic (exact) mass is 400 g/mol. The molecule has 154 valence electrons. The van der Waals surface area contributed by atoms with Crippen LogP contribution in [0.2, 0.25) is 0 Å².